The molecule has 0 spiro atoms. The largest absolute Gasteiger partial charge is 0.464 e. The van der Waals surface area contributed by atoms with Crippen molar-refractivity contribution in [1.29, 1.82) is 0 Å². The second-order valence-electron chi connectivity index (χ2n) is 7.88. The van der Waals surface area contributed by atoms with E-state index in [2.05, 4.69) is 31.9 Å². The van der Waals surface area contributed by atoms with Gasteiger partial charge in [-0.3, -0.25) is 23.8 Å². The molecule has 0 aliphatic carbocycles. The number of alkyl halides is 2. The molecule has 2 aromatic heterocycles. The van der Waals surface area contributed by atoms with Gasteiger partial charge in [0.15, 0.2) is 0 Å². The number of aryl methyl sites for hydroxylation is 1. The number of rotatable bonds is 15. The minimum atomic E-state index is -3.44. The Morgan fingerprint density at radius 3 is 1.87 bits per heavy atom. The van der Waals surface area contributed by atoms with E-state index in [1.807, 2.05) is 13.0 Å². The van der Waals surface area contributed by atoms with Crippen molar-refractivity contribution in [3.8, 4) is 0 Å². The molecular formula is C21H34Br2Cl3N3O8P2. The Hall–Kier alpha value is 0.0900. The van der Waals surface area contributed by atoms with Gasteiger partial charge in [-0.2, -0.15) is 0 Å². The van der Waals surface area contributed by atoms with E-state index in [1.54, 1.807) is 20.2 Å². The first-order valence-corrected chi connectivity index (χ1v) is 19.7. The number of nitrogens with zero attached hydrogens (tertiary/aromatic N) is 3. The normalized spacial score (nSPS) is 12.9. The average molecular weight is 785 g/mol. The molecule has 11 nitrogen and oxygen atoms in total. The summed E-state index contributed by atoms with van der Waals surface area (Å²) >= 11 is 23.3. The Morgan fingerprint density at radius 1 is 0.949 bits per heavy atom. The molecule has 0 bridgehead atoms. The van der Waals surface area contributed by atoms with Crippen molar-refractivity contribution in [2.45, 2.75) is 45.8 Å². The molecule has 0 aromatic carbocycles. The number of aliphatic hydroxyl groups is 1. The Morgan fingerprint density at radius 2 is 1.49 bits per heavy atom. The molecular weight excluding hydrogens is 750 g/mol. The molecule has 39 heavy (non-hydrogen) atoms. The van der Waals surface area contributed by atoms with Crippen molar-refractivity contribution in [1.82, 2.24) is 9.34 Å². The summed E-state index contributed by atoms with van der Waals surface area (Å²) in [5.74, 6) is -1.76. The Bertz CT molecular complexity index is 1060. The highest BCUT2D eigenvalue weighted by Crippen LogP contribution is 2.59. The van der Waals surface area contributed by atoms with Crippen molar-refractivity contribution in [2.75, 3.05) is 37.8 Å². The highest BCUT2D eigenvalue weighted by molar-refractivity contribution is 9.09. The van der Waals surface area contributed by atoms with Crippen LogP contribution < -0.4 is 0 Å². The fourth-order valence-corrected chi connectivity index (χ4v) is 5.32. The van der Waals surface area contributed by atoms with Gasteiger partial charge in [-0.05, 0) is 98.6 Å². The number of halogens is 5. The summed E-state index contributed by atoms with van der Waals surface area (Å²) < 4.78 is 41.0. The molecule has 1 N–H and O–H groups in total. The number of nitro groups is 1. The maximum Gasteiger partial charge on any atom is 0.433 e. The van der Waals surface area contributed by atoms with Crippen LogP contribution in [0.3, 0.4) is 0 Å². The van der Waals surface area contributed by atoms with Gasteiger partial charge in [-0.15, -0.1) is 0 Å². The molecule has 1 unspecified atom stereocenters. The molecule has 2 heterocycles. The summed E-state index contributed by atoms with van der Waals surface area (Å²) in [6.45, 7) is -0.577. The first kappa shape index (κ1) is 39.1. The molecule has 18 heteroatoms. The predicted octanol–water partition coefficient (Wildman–Crippen LogP) is 8.92. The van der Waals surface area contributed by atoms with Crippen LogP contribution in [0.1, 0.15) is 43.0 Å². The van der Waals surface area contributed by atoms with E-state index in [0.29, 0.717) is 18.8 Å². The van der Waals surface area contributed by atoms with Gasteiger partial charge in [0.05, 0.1) is 6.07 Å². The molecule has 0 amide bonds. The van der Waals surface area contributed by atoms with Crippen LogP contribution in [0, 0.1) is 17.0 Å². The van der Waals surface area contributed by atoms with Crippen LogP contribution in [-0.4, -0.2) is 57.2 Å². The smallest absolute Gasteiger partial charge is 0.433 e. The molecule has 0 fully saturated rings. The minimum Gasteiger partial charge on any atom is -0.464 e. The molecule has 0 aliphatic heterocycles. The van der Waals surface area contributed by atoms with Crippen LogP contribution in [0.25, 0.3) is 0 Å². The second-order valence-corrected chi connectivity index (χ2v) is 17.4. The summed E-state index contributed by atoms with van der Waals surface area (Å²) in [5, 5.41) is 20.7. The van der Waals surface area contributed by atoms with E-state index in [4.69, 9.17) is 52.2 Å². The Balaban J connectivity index is 0.000000634. The van der Waals surface area contributed by atoms with Gasteiger partial charge in [0, 0.05) is 23.7 Å². The molecule has 2 aromatic rings. The lowest BCUT2D eigenvalue weighted by Gasteiger charge is -2.21. The standard InChI is InChI=1S/C10H15BrClN2O5P.C6H8O2.C5H11BrCl2NOP/c1-13(7-3-2-6-11)20(12,17)18-8-9-4-5-10(19-9)14(15)16;1-5-2-3-6(4-7)8-5;1-9(11(7,8)10)5-3-2-4-6/h4-5H,2-3,6-8H2,1H3;2-3,7H,4H2,1H3;2-5H2,1H3. The zero-order valence-corrected chi connectivity index (χ0v) is 29.0. The van der Waals surface area contributed by atoms with E-state index >= 15 is 0 Å². The molecule has 2 rings (SSSR count). The van der Waals surface area contributed by atoms with Crippen molar-refractivity contribution in [2.24, 2.45) is 0 Å². The lowest BCUT2D eigenvalue weighted by atomic mass is 10.3. The van der Waals surface area contributed by atoms with Crippen LogP contribution in [0.2, 0.25) is 0 Å². The summed E-state index contributed by atoms with van der Waals surface area (Å²) in [7, 11) is 3.27. The monoisotopic (exact) mass is 781 g/mol. The first-order chi connectivity index (χ1) is 18.2. The third-order valence-corrected chi connectivity index (χ3v) is 10.9. The summed E-state index contributed by atoms with van der Waals surface area (Å²) in [5.41, 5.74) is 0. The number of furan rings is 2. The van der Waals surface area contributed by atoms with Crippen molar-refractivity contribution in [3.63, 3.8) is 0 Å². The molecule has 0 aliphatic rings. The van der Waals surface area contributed by atoms with Crippen LogP contribution >= 0.6 is 78.5 Å². The van der Waals surface area contributed by atoms with Crippen LogP contribution in [0.4, 0.5) is 5.88 Å². The van der Waals surface area contributed by atoms with Crippen LogP contribution in [0.15, 0.2) is 33.1 Å². The average Bonchev–Trinajstić information content (AvgIpc) is 3.52. The molecule has 0 radical (unpaired) electrons. The SMILES string of the molecule is CN(CCCCBr)P(=O)(Cl)Cl.CN(CCCCBr)P(=O)(Cl)OCc1ccc([N+](=O)[O-])o1.Cc1ccc(CO)o1. The zero-order valence-electron chi connectivity index (χ0n) is 21.8. The predicted molar refractivity (Wildman–Crippen MR) is 164 cm³/mol. The molecule has 1 atom stereocenters. The van der Waals surface area contributed by atoms with E-state index in [0.717, 1.165) is 42.1 Å². The van der Waals surface area contributed by atoms with Crippen molar-refractivity contribution < 1.29 is 32.5 Å². The number of aliphatic hydroxyl groups excluding tert-OH is 1. The Kier molecular flexibility index (Phi) is 20.9. The van der Waals surface area contributed by atoms with E-state index < -0.39 is 23.7 Å². The zero-order chi connectivity index (χ0) is 30.1. The third-order valence-electron chi connectivity index (χ3n) is 4.68. The minimum absolute atomic E-state index is 0.00611. The van der Waals surface area contributed by atoms with Crippen molar-refractivity contribution >= 4 is 84.3 Å². The van der Waals surface area contributed by atoms with E-state index in [1.165, 1.54) is 21.5 Å². The van der Waals surface area contributed by atoms with Gasteiger partial charge in [-0.25, -0.2) is 9.34 Å². The van der Waals surface area contributed by atoms with Gasteiger partial charge < -0.3 is 13.9 Å². The van der Waals surface area contributed by atoms with E-state index in [9.17, 15) is 19.2 Å². The van der Waals surface area contributed by atoms with Crippen molar-refractivity contribution in [3.05, 3.63) is 51.7 Å². The quantitative estimate of drug-likeness (QED) is 0.0612. The summed E-state index contributed by atoms with van der Waals surface area (Å²) in [4.78, 5) is 9.79. The second kappa shape index (κ2) is 20.9. The van der Waals surface area contributed by atoms with Gasteiger partial charge in [-0.1, -0.05) is 31.9 Å². The van der Waals surface area contributed by atoms with Gasteiger partial charge in [0.25, 0.3) is 0 Å². The van der Waals surface area contributed by atoms with Crippen LogP contribution in [0.5, 0.6) is 0 Å². The molecule has 226 valence electrons. The number of hydrogen-bond acceptors (Lipinski definition) is 8. The fourth-order valence-electron chi connectivity index (χ4n) is 2.46. The lowest BCUT2D eigenvalue weighted by Crippen LogP contribution is -2.15. The number of hydrogen-bond donors (Lipinski definition) is 1. The van der Waals surface area contributed by atoms with Gasteiger partial charge in [0.1, 0.15) is 35.4 Å². The highest BCUT2D eigenvalue weighted by atomic mass is 79.9. The van der Waals surface area contributed by atoms with Gasteiger partial charge >= 0.3 is 18.8 Å². The first-order valence-electron chi connectivity index (χ1n) is 11.6. The van der Waals surface area contributed by atoms with Crippen LogP contribution in [-0.2, 0) is 26.9 Å². The molecule has 0 saturated carbocycles. The highest BCUT2D eigenvalue weighted by Gasteiger charge is 2.26. The third kappa shape index (κ3) is 18.3. The Labute approximate surface area is 260 Å². The maximum atomic E-state index is 12.1. The maximum absolute atomic E-state index is 12.1. The molecule has 0 saturated heterocycles. The number of unbranched alkanes of at least 4 members (excludes halogenated alkanes) is 2. The van der Waals surface area contributed by atoms with E-state index in [-0.39, 0.29) is 19.0 Å². The topological polar surface area (TPSA) is 140 Å². The summed E-state index contributed by atoms with van der Waals surface area (Å²) in [6.07, 6.45) is 3.75. The lowest BCUT2D eigenvalue weighted by molar-refractivity contribution is -0.402. The van der Waals surface area contributed by atoms with Gasteiger partial charge in [0.2, 0.25) is 0 Å². The summed E-state index contributed by atoms with van der Waals surface area (Å²) in [6, 6.07) is 6.18. The fraction of sp³-hybridized carbons (Fsp3) is 0.619.